The van der Waals surface area contributed by atoms with Crippen molar-refractivity contribution in [2.75, 3.05) is 10.6 Å². The number of halogens is 2. The maximum absolute atomic E-state index is 13.8. The minimum atomic E-state index is -0.621. The van der Waals surface area contributed by atoms with Gasteiger partial charge in [-0.3, -0.25) is 14.4 Å². The number of carbonyl (C=O) groups is 3. The van der Waals surface area contributed by atoms with Gasteiger partial charge in [-0.2, -0.15) is 0 Å². The van der Waals surface area contributed by atoms with Gasteiger partial charge in [-0.1, -0.05) is 101 Å². The standard InChI is InChI=1S/C38H28Cl2N4O3S2/c1-23-18-19-31-33(20-23)49-38(43-31)44-37(47)34(24-10-4-2-5-11-24)48-27-15-8-14-26(21-27)41-36(46)32(22-28-29(39)16-9-17-30(28)40)42-35(45)25-12-6-3-7-13-25/h2-22,34H,1H3,(H,41,46)(H,42,45)(H,43,44,47)/b32-22+. The van der Waals surface area contributed by atoms with Gasteiger partial charge in [-0.15, -0.1) is 11.8 Å². The Morgan fingerprint density at radius 3 is 2.22 bits per heavy atom. The van der Waals surface area contributed by atoms with Gasteiger partial charge in [0, 0.05) is 31.8 Å². The molecule has 1 aromatic heterocycles. The van der Waals surface area contributed by atoms with Gasteiger partial charge >= 0.3 is 0 Å². The van der Waals surface area contributed by atoms with Crippen LogP contribution < -0.4 is 16.0 Å². The molecule has 7 nitrogen and oxygen atoms in total. The SMILES string of the molecule is Cc1ccc2nc(NC(=O)C(Sc3cccc(NC(=O)/C(=C\c4c(Cl)cccc4Cl)NC(=O)c4ccccc4)c3)c3ccccc3)sc2c1. The molecule has 49 heavy (non-hydrogen) atoms. The number of thioether (sulfide) groups is 1. The van der Waals surface area contributed by atoms with Crippen molar-refractivity contribution < 1.29 is 14.4 Å². The topological polar surface area (TPSA) is 100 Å². The third kappa shape index (κ3) is 8.57. The van der Waals surface area contributed by atoms with Gasteiger partial charge in [-0.25, -0.2) is 4.98 Å². The Balaban J connectivity index is 1.24. The normalized spacial score (nSPS) is 11.9. The van der Waals surface area contributed by atoms with Gasteiger partial charge in [0.05, 0.1) is 10.2 Å². The predicted octanol–water partition coefficient (Wildman–Crippen LogP) is 9.79. The molecule has 3 amide bonds. The third-order valence-electron chi connectivity index (χ3n) is 7.28. The van der Waals surface area contributed by atoms with Gasteiger partial charge < -0.3 is 16.0 Å². The lowest BCUT2D eigenvalue weighted by Crippen LogP contribution is -2.30. The lowest BCUT2D eigenvalue weighted by molar-refractivity contribution is -0.116. The first kappa shape index (κ1) is 34.0. The minimum Gasteiger partial charge on any atom is -0.321 e. The fourth-order valence-electron chi connectivity index (χ4n) is 4.87. The Hall–Kier alpha value is -4.93. The second-order valence-corrected chi connectivity index (χ2v) is 13.9. The first-order valence-electron chi connectivity index (χ1n) is 15.1. The number of amides is 3. The zero-order valence-electron chi connectivity index (χ0n) is 25.9. The van der Waals surface area contributed by atoms with Crippen molar-refractivity contribution >= 4 is 91.1 Å². The summed E-state index contributed by atoms with van der Waals surface area (Å²) in [7, 11) is 0. The van der Waals surface area contributed by atoms with Crippen LogP contribution in [0.1, 0.15) is 32.3 Å². The van der Waals surface area contributed by atoms with Crippen molar-refractivity contribution in [2.24, 2.45) is 0 Å². The highest BCUT2D eigenvalue weighted by Crippen LogP contribution is 2.38. The summed E-state index contributed by atoms with van der Waals surface area (Å²) in [5.74, 6) is -1.30. The van der Waals surface area contributed by atoms with E-state index in [4.69, 9.17) is 23.2 Å². The van der Waals surface area contributed by atoms with E-state index in [0.717, 1.165) is 26.2 Å². The Morgan fingerprint density at radius 1 is 0.796 bits per heavy atom. The fourth-order valence-corrected chi connectivity index (χ4v) is 7.43. The lowest BCUT2D eigenvalue weighted by Gasteiger charge is -2.17. The van der Waals surface area contributed by atoms with E-state index in [1.807, 2.05) is 61.5 Å². The summed E-state index contributed by atoms with van der Waals surface area (Å²) < 4.78 is 0.993. The Labute approximate surface area is 301 Å². The monoisotopic (exact) mass is 722 g/mol. The molecule has 0 radical (unpaired) electrons. The number of anilines is 2. The molecule has 0 fully saturated rings. The maximum atomic E-state index is 13.8. The lowest BCUT2D eigenvalue weighted by atomic mass is 10.1. The summed E-state index contributed by atoms with van der Waals surface area (Å²) in [6.07, 6.45) is 1.44. The van der Waals surface area contributed by atoms with Crippen molar-refractivity contribution in [3.63, 3.8) is 0 Å². The zero-order valence-corrected chi connectivity index (χ0v) is 29.1. The molecular weight excluding hydrogens is 695 g/mol. The summed E-state index contributed by atoms with van der Waals surface area (Å²) in [5, 5.41) is 9.11. The average Bonchev–Trinajstić information content (AvgIpc) is 3.50. The number of fused-ring (bicyclic) bond motifs is 1. The molecule has 11 heteroatoms. The molecule has 0 bridgehead atoms. The summed E-state index contributed by atoms with van der Waals surface area (Å²) in [6, 6.07) is 36.1. The molecule has 244 valence electrons. The predicted molar refractivity (Wildman–Crippen MR) is 201 cm³/mol. The molecule has 0 saturated carbocycles. The van der Waals surface area contributed by atoms with Gasteiger partial charge in [0.15, 0.2) is 5.13 Å². The molecule has 0 saturated heterocycles. The number of hydrogen-bond donors (Lipinski definition) is 3. The summed E-state index contributed by atoms with van der Waals surface area (Å²) in [4.78, 5) is 45.9. The molecule has 0 aliphatic heterocycles. The van der Waals surface area contributed by atoms with Crippen LogP contribution in [0.25, 0.3) is 16.3 Å². The Bertz CT molecular complexity index is 2170. The number of nitrogens with zero attached hydrogens (tertiary/aromatic N) is 1. The van der Waals surface area contributed by atoms with E-state index in [1.54, 1.807) is 66.7 Å². The van der Waals surface area contributed by atoms with E-state index in [2.05, 4.69) is 20.9 Å². The number of rotatable bonds is 10. The molecule has 1 unspecified atom stereocenters. The Kier molecular flexibility index (Phi) is 10.8. The Morgan fingerprint density at radius 2 is 1.49 bits per heavy atom. The number of nitrogens with one attached hydrogen (secondary N) is 3. The van der Waals surface area contributed by atoms with Crippen LogP contribution in [0.15, 0.2) is 132 Å². The molecule has 0 spiro atoms. The molecule has 0 aliphatic rings. The van der Waals surface area contributed by atoms with Gasteiger partial charge in [0.25, 0.3) is 11.8 Å². The van der Waals surface area contributed by atoms with Crippen LogP contribution in [0.4, 0.5) is 10.8 Å². The van der Waals surface area contributed by atoms with Crippen LogP contribution in [0.5, 0.6) is 0 Å². The second-order valence-electron chi connectivity index (χ2n) is 10.9. The van der Waals surface area contributed by atoms with Gasteiger partial charge in [-0.05, 0) is 78.7 Å². The molecule has 0 aliphatic carbocycles. The molecule has 1 heterocycles. The van der Waals surface area contributed by atoms with Gasteiger partial charge in [0.2, 0.25) is 5.91 Å². The van der Waals surface area contributed by atoms with Crippen LogP contribution >= 0.6 is 46.3 Å². The third-order valence-corrected chi connectivity index (χ3v) is 10.1. The number of aryl methyl sites for hydroxylation is 1. The summed E-state index contributed by atoms with van der Waals surface area (Å²) in [5.41, 5.74) is 3.89. The van der Waals surface area contributed by atoms with Crippen LogP contribution in [-0.4, -0.2) is 22.7 Å². The van der Waals surface area contributed by atoms with Crippen molar-refractivity contribution in [3.05, 3.63) is 159 Å². The summed E-state index contributed by atoms with van der Waals surface area (Å²) in [6.45, 7) is 2.02. The summed E-state index contributed by atoms with van der Waals surface area (Å²) >= 11 is 15.6. The highest BCUT2D eigenvalue weighted by Gasteiger charge is 2.24. The molecule has 1 atom stereocenters. The largest absolute Gasteiger partial charge is 0.321 e. The highest BCUT2D eigenvalue weighted by atomic mass is 35.5. The molecule has 3 N–H and O–H groups in total. The average molecular weight is 724 g/mol. The molecular formula is C38H28Cl2N4O3S2. The number of thiazole rings is 1. The van der Waals surface area contributed by atoms with Crippen molar-refractivity contribution in [1.82, 2.24) is 10.3 Å². The first-order valence-corrected chi connectivity index (χ1v) is 17.5. The van der Waals surface area contributed by atoms with Gasteiger partial charge in [0.1, 0.15) is 10.9 Å². The smallest absolute Gasteiger partial charge is 0.272 e. The zero-order chi connectivity index (χ0) is 34.3. The van der Waals surface area contributed by atoms with Crippen LogP contribution in [0.2, 0.25) is 10.0 Å². The van der Waals surface area contributed by atoms with Crippen LogP contribution in [0.3, 0.4) is 0 Å². The van der Waals surface area contributed by atoms with E-state index in [0.29, 0.717) is 32.0 Å². The number of carbonyl (C=O) groups excluding carboxylic acids is 3. The quantitative estimate of drug-likeness (QED) is 0.0966. The first-order chi connectivity index (χ1) is 23.7. The molecule has 5 aromatic carbocycles. The van der Waals surface area contributed by atoms with Crippen LogP contribution in [-0.2, 0) is 9.59 Å². The molecule has 6 aromatic rings. The molecule has 6 rings (SSSR count). The second kappa shape index (κ2) is 15.5. The number of aromatic nitrogens is 1. The number of benzene rings is 5. The minimum absolute atomic E-state index is 0.0607. The fraction of sp³-hybridized carbons (Fsp3) is 0.0526. The van der Waals surface area contributed by atoms with Crippen molar-refractivity contribution in [3.8, 4) is 0 Å². The van der Waals surface area contributed by atoms with E-state index < -0.39 is 17.1 Å². The van der Waals surface area contributed by atoms with E-state index >= 15 is 0 Å². The van der Waals surface area contributed by atoms with E-state index in [-0.39, 0.29) is 11.6 Å². The number of hydrogen-bond acceptors (Lipinski definition) is 6. The maximum Gasteiger partial charge on any atom is 0.272 e. The van der Waals surface area contributed by atoms with E-state index in [1.165, 1.54) is 29.2 Å². The van der Waals surface area contributed by atoms with Crippen molar-refractivity contribution in [2.45, 2.75) is 17.1 Å². The van der Waals surface area contributed by atoms with Crippen LogP contribution in [0, 0.1) is 6.92 Å². The van der Waals surface area contributed by atoms with E-state index in [9.17, 15) is 14.4 Å². The highest BCUT2D eigenvalue weighted by molar-refractivity contribution is 8.00. The van der Waals surface area contributed by atoms with Crippen molar-refractivity contribution in [1.29, 1.82) is 0 Å².